The van der Waals surface area contributed by atoms with Gasteiger partial charge in [0.2, 0.25) is 0 Å². The van der Waals surface area contributed by atoms with Gasteiger partial charge in [-0.25, -0.2) is 13.8 Å². The number of nitrogens with one attached hydrogen (secondary N) is 2. The van der Waals surface area contributed by atoms with Crippen molar-refractivity contribution in [3.8, 4) is 0 Å². The zero-order valence-electron chi connectivity index (χ0n) is 23.1. The lowest BCUT2D eigenvalue weighted by atomic mass is 9.76. The molecule has 3 atom stereocenters. The van der Waals surface area contributed by atoms with E-state index < -0.39 is 22.5 Å². The molecule has 2 aliphatic rings. The van der Waals surface area contributed by atoms with Gasteiger partial charge in [0.25, 0.3) is 15.9 Å². The fraction of sp³-hybridized carbons (Fsp3) is 0.182. The van der Waals surface area contributed by atoms with Gasteiger partial charge in [0.05, 0.1) is 28.5 Å². The van der Waals surface area contributed by atoms with E-state index in [9.17, 15) is 13.2 Å². The number of sulfonamides is 1. The number of aromatic nitrogens is 1. The molecule has 4 aromatic rings. The van der Waals surface area contributed by atoms with Gasteiger partial charge in [0.1, 0.15) is 6.54 Å². The zero-order chi connectivity index (χ0) is 29.1. The van der Waals surface area contributed by atoms with Crippen LogP contribution in [-0.2, 0) is 14.8 Å². The number of hydrogen-bond acceptors (Lipinski definition) is 6. The summed E-state index contributed by atoms with van der Waals surface area (Å²) in [5.74, 6) is 0.129. The molecule has 8 nitrogen and oxygen atoms in total. The molecule has 0 saturated carbocycles. The van der Waals surface area contributed by atoms with Crippen molar-refractivity contribution in [3.05, 3.63) is 132 Å². The number of hydrogen-bond donors (Lipinski definition) is 2. The summed E-state index contributed by atoms with van der Waals surface area (Å²) in [5, 5.41) is 8.08. The summed E-state index contributed by atoms with van der Waals surface area (Å²) in [6.45, 7) is 1.37. The summed E-state index contributed by atoms with van der Waals surface area (Å²) in [6, 6.07) is 28.2. The first kappa shape index (κ1) is 27.4. The molecule has 0 unspecified atom stereocenters. The van der Waals surface area contributed by atoms with Crippen LogP contribution in [0, 0.1) is 5.92 Å². The van der Waals surface area contributed by atoms with Crippen molar-refractivity contribution in [2.75, 3.05) is 16.2 Å². The van der Waals surface area contributed by atoms with Crippen LogP contribution in [0.3, 0.4) is 0 Å². The largest absolute Gasteiger partial charge is 0.378 e. The van der Waals surface area contributed by atoms with Crippen LogP contribution in [0.1, 0.15) is 42.0 Å². The SMILES string of the molecule is C/C(=N/NC(=O)CN(c1cccnc1)S(=O)(=O)c1ccccc1)c1ccc2c(c1)[C@H]1C=CC[C@H]1[C@H](c1ccccc1)N2. The number of anilines is 2. The van der Waals surface area contributed by atoms with E-state index in [1.165, 1.54) is 29.5 Å². The number of rotatable bonds is 8. The molecule has 212 valence electrons. The van der Waals surface area contributed by atoms with Crippen LogP contribution in [0.25, 0.3) is 0 Å². The summed E-state index contributed by atoms with van der Waals surface area (Å²) < 4.78 is 27.9. The molecule has 0 fully saturated rings. The Morgan fingerprint density at radius 1 is 1.02 bits per heavy atom. The number of pyridine rings is 1. The predicted octanol–water partition coefficient (Wildman–Crippen LogP) is 5.64. The Morgan fingerprint density at radius 2 is 1.79 bits per heavy atom. The van der Waals surface area contributed by atoms with Gasteiger partial charge < -0.3 is 5.32 Å². The maximum absolute atomic E-state index is 13.4. The van der Waals surface area contributed by atoms with Crippen molar-refractivity contribution in [3.63, 3.8) is 0 Å². The van der Waals surface area contributed by atoms with Gasteiger partial charge in [-0.3, -0.25) is 14.1 Å². The average Bonchev–Trinajstić information content (AvgIpc) is 3.54. The highest BCUT2D eigenvalue weighted by Crippen LogP contribution is 2.49. The lowest BCUT2D eigenvalue weighted by molar-refractivity contribution is -0.119. The molecular formula is C33H31N5O3S. The fourth-order valence-corrected chi connectivity index (χ4v) is 7.15. The molecule has 42 heavy (non-hydrogen) atoms. The zero-order valence-corrected chi connectivity index (χ0v) is 23.9. The minimum Gasteiger partial charge on any atom is -0.378 e. The van der Waals surface area contributed by atoms with Crippen molar-refractivity contribution in [1.82, 2.24) is 10.4 Å². The lowest BCUT2D eigenvalue weighted by Crippen LogP contribution is -2.39. The first-order chi connectivity index (χ1) is 20.4. The van der Waals surface area contributed by atoms with Crippen molar-refractivity contribution >= 4 is 33.0 Å². The highest BCUT2D eigenvalue weighted by atomic mass is 32.2. The second-order valence-electron chi connectivity index (χ2n) is 10.5. The van der Waals surface area contributed by atoms with Gasteiger partial charge in [-0.1, -0.05) is 66.7 Å². The maximum Gasteiger partial charge on any atom is 0.264 e. The van der Waals surface area contributed by atoms with Gasteiger partial charge in [0, 0.05) is 17.8 Å². The summed E-state index contributed by atoms with van der Waals surface area (Å²) >= 11 is 0. The van der Waals surface area contributed by atoms with E-state index in [0.717, 1.165) is 22.0 Å². The van der Waals surface area contributed by atoms with Crippen molar-refractivity contribution in [2.24, 2.45) is 11.0 Å². The van der Waals surface area contributed by atoms with Crippen molar-refractivity contribution in [1.29, 1.82) is 0 Å². The van der Waals surface area contributed by atoms with Crippen LogP contribution < -0.4 is 15.0 Å². The number of nitrogens with zero attached hydrogens (tertiary/aromatic N) is 3. The maximum atomic E-state index is 13.4. The average molecular weight is 578 g/mol. The number of amides is 1. The molecule has 0 radical (unpaired) electrons. The molecule has 1 amide bonds. The third kappa shape index (κ3) is 5.43. The number of hydrazone groups is 1. The highest BCUT2D eigenvalue weighted by molar-refractivity contribution is 7.92. The molecular weight excluding hydrogens is 546 g/mol. The molecule has 3 aromatic carbocycles. The predicted molar refractivity (Wildman–Crippen MR) is 165 cm³/mol. The molecule has 2 heterocycles. The molecule has 2 N–H and O–H groups in total. The first-order valence-corrected chi connectivity index (χ1v) is 15.3. The Morgan fingerprint density at radius 3 is 2.52 bits per heavy atom. The van der Waals surface area contributed by atoms with E-state index in [0.29, 0.717) is 11.6 Å². The second kappa shape index (κ2) is 11.6. The standard InChI is InChI=1S/C33H31N5O3S/c1-23(25-17-18-31-30(20-25)28-15-8-16-29(28)33(35-31)24-10-4-2-5-11-24)36-37-32(39)22-38(26-12-9-19-34-21-26)42(40,41)27-13-6-3-7-14-27/h2-15,17-21,28-29,33,35H,16,22H2,1H3,(H,37,39)/b36-23-/t28-,29+,33-/m0/s1. The van der Waals surface area contributed by atoms with Gasteiger partial charge in [-0.15, -0.1) is 0 Å². The normalized spacial score (nSPS) is 19.4. The number of carbonyl (C=O) groups excluding carboxylic acids is 1. The van der Waals surface area contributed by atoms with Crippen molar-refractivity contribution in [2.45, 2.75) is 30.2 Å². The molecule has 6 rings (SSSR count). The molecule has 1 aromatic heterocycles. The smallest absolute Gasteiger partial charge is 0.264 e. The molecule has 0 spiro atoms. The monoisotopic (exact) mass is 577 g/mol. The van der Waals surface area contributed by atoms with Crippen LogP contribution in [0.5, 0.6) is 0 Å². The minimum absolute atomic E-state index is 0.0813. The molecule has 1 aliphatic carbocycles. The van der Waals surface area contributed by atoms with Crippen molar-refractivity contribution < 1.29 is 13.2 Å². The summed E-state index contributed by atoms with van der Waals surface area (Å²) in [6.07, 6.45) is 8.51. The van der Waals surface area contributed by atoms with Gasteiger partial charge in [0.15, 0.2) is 0 Å². The fourth-order valence-electron chi connectivity index (χ4n) is 5.72. The summed E-state index contributed by atoms with van der Waals surface area (Å²) in [5.41, 5.74) is 7.92. The number of benzene rings is 3. The summed E-state index contributed by atoms with van der Waals surface area (Å²) in [7, 11) is -4.01. The third-order valence-electron chi connectivity index (χ3n) is 7.84. The van der Waals surface area contributed by atoms with E-state index >= 15 is 0 Å². The lowest BCUT2D eigenvalue weighted by Gasteiger charge is -2.37. The number of allylic oxidation sites excluding steroid dienone is 2. The highest BCUT2D eigenvalue weighted by Gasteiger charge is 2.38. The van der Waals surface area contributed by atoms with Crippen LogP contribution in [-0.4, -0.2) is 31.6 Å². The Balaban J connectivity index is 1.21. The Hall–Kier alpha value is -4.76. The van der Waals surface area contributed by atoms with E-state index in [-0.39, 0.29) is 22.5 Å². The molecule has 0 saturated heterocycles. The number of fused-ring (bicyclic) bond motifs is 3. The van der Waals surface area contributed by atoms with Crippen LogP contribution in [0.15, 0.2) is 126 Å². The molecule has 0 bridgehead atoms. The first-order valence-electron chi connectivity index (χ1n) is 13.9. The minimum atomic E-state index is -4.01. The third-order valence-corrected chi connectivity index (χ3v) is 9.63. The number of carbonyl (C=O) groups is 1. The van der Waals surface area contributed by atoms with Crippen LogP contribution in [0.4, 0.5) is 11.4 Å². The van der Waals surface area contributed by atoms with E-state index in [1.54, 1.807) is 36.5 Å². The Labute approximate surface area is 245 Å². The van der Waals surface area contributed by atoms with Crippen LogP contribution >= 0.6 is 0 Å². The second-order valence-corrected chi connectivity index (χ2v) is 12.3. The van der Waals surface area contributed by atoms with Gasteiger partial charge in [-0.2, -0.15) is 5.10 Å². The Kier molecular flexibility index (Phi) is 7.58. The Bertz CT molecular complexity index is 1740. The van der Waals surface area contributed by atoms with E-state index in [1.807, 2.05) is 19.1 Å². The van der Waals surface area contributed by atoms with E-state index in [4.69, 9.17) is 0 Å². The van der Waals surface area contributed by atoms with E-state index in [2.05, 4.69) is 69.4 Å². The van der Waals surface area contributed by atoms with Gasteiger partial charge >= 0.3 is 0 Å². The quantitative estimate of drug-likeness (QED) is 0.160. The molecule has 1 aliphatic heterocycles. The topological polar surface area (TPSA) is 104 Å². The summed E-state index contributed by atoms with van der Waals surface area (Å²) in [4.78, 5) is 17.1. The van der Waals surface area contributed by atoms with Gasteiger partial charge in [-0.05, 0) is 72.4 Å². The van der Waals surface area contributed by atoms with Crippen LogP contribution in [0.2, 0.25) is 0 Å². The molecule has 9 heteroatoms.